The van der Waals surface area contributed by atoms with Crippen LogP contribution < -0.4 is 4.74 Å². The molecule has 2 aliphatic rings. The first kappa shape index (κ1) is 22.4. The molecule has 0 spiro atoms. The second kappa shape index (κ2) is 9.66. The molecule has 1 aliphatic carbocycles. The number of allylic oxidation sites excluding steroid dienone is 2. The van der Waals surface area contributed by atoms with E-state index in [1.807, 2.05) is 12.2 Å². The summed E-state index contributed by atoms with van der Waals surface area (Å²) in [6, 6.07) is 4.48. The van der Waals surface area contributed by atoms with Gasteiger partial charge in [-0.2, -0.15) is 13.2 Å². The Morgan fingerprint density at radius 2 is 1.93 bits per heavy atom. The normalized spacial score (nSPS) is 32.3. The van der Waals surface area contributed by atoms with Crippen LogP contribution in [-0.4, -0.2) is 41.1 Å². The predicted octanol–water partition coefficient (Wildman–Crippen LogP) is 3.65. The van der Waals surface area contributed by atoms with Gasteiger partial charge in [-0.3, -0.25) is 4.79 Å². The van der Waals surface area contributed by atoms with Gasteiger partial charge in [-0.15, -0.1) is 0 Å². The number of ether oxygens (including phenoxy) is 2. The van der Waals surface area contributed by atoms with Crippen molar-refractivity contribution in [2.75, 3.05) is 6.61 Å². The number of rotatable bonds is 3. The summed E-state index contributed by atoms with van der Waals surface area (Å²) in [6.07, 6.45) is 1.82. The summed E-state index contributed by atoms with van der Waals surface area (Å²) in [5.74, 6) is -0.921. The first-order chi connectivity index (χ1) is 14.2. The van der Waals surface area contributed by atoms with Crippen LogP contribution in [0.5, 0.6) is 5.75 Å². The van der Waals surface area contributed by atoms with Crippen molar-refractivity contribution < 1.29 is 37.7 Å². The lowest BCUT2D eigenvalue weighted by molar-refractivity contribution is -0.148. The number of benzene rings is 1. The molecule has 8 heteroatoms. The van der Waals surface area contributed by atoms with Gasteiger partial charge in [-0.25, -0.2) is 0 Å². The average molecular weight is 426 g/mol. The quantitative estimate of drug-likeness (QED) is 0.570. The molecule has 0 amide bonds. The van der Waals surface area contributed by atoms with Gasteiger partial charge in [0.1, 0.15) is 12.4 Å². The fourth-order valence-corrected chi connectivity index (χ4v) is 3.83. The zero-order valence-corrected chi connectivity index (χ0v) is 16.3. The Bertz CT molecular complexity index is 789. The van der Waals surface area contributed by atoms with Crippen LogP contribution in [0.15, 0.2) is 48.6 Å². The second-order valence-corrected chi connectivity index (χ2v) is 7.61. The van der Waals surface area contributed by atoms with Crippen molar-refractivity contribution in [3.63, 3.8) is 0 Å². The number of esters is 1. The lowest BCUT2D eigenvalue weighted by Gasteiger charge is -2.21. The first-order valence-electron chi connectivity index (χ1n) is 9.93. The van der Waals surface area contributed by atoms with Crippen molar-refractivity contribution in [2.45, 2.75) is 50.2 Å². The van der Waals surface area contributed by atoms with Gasteiger partial charge in [-0.1, -0.05) is 24.3 Å². The van der Waals surface area contributed by atoms with E-state index in [1.54, 1.807) is 12.2 Å². The Hall–Kier alpha value is -2.32. The monoisotopic (exact) mass is 426 g/mol. The number of aliphatic hydroxyl groups excluding tert-OH is 2. The van der Waals surface area contributed by atoms with Gasteiger partial charge >= 0.3 is 12.1 Å². The molecular weight excluding hydrogens is 401 g/mol. The molecule has 0 saturated heterocycles. The maximum absolute atomic E-state index is 12.9. The highest BCUT2D eigenvalue weighted by molar-refractivity contribution is 5.69. The van der Waals surface area contributed by atoms with E-state index in [0.717, 1.165) is 12.1 Å². The van der Waals surface area contributed by atoms with Gasteiger partial charge in [0.2, 0.25) is 0 Å². The van der Waals surface area contributed by atoms with E-state index in [4.69, 9.17) is 9.47 Å². The summed E-state index contributed by atoms with van der Waals surface area (Å²) in [7, 11) is 0. The van der Waals surface area contributed by atoms with Crippen LogP contribution in [0.3, 0.4) is 0 Å². The maximum Gasteiger partial charge on any atom is 0.416 e. The van der Waals surface area contributed by atoms with Crippen molar-refractivity contribution in [1.82, 2.24) is 0 Å². The molecule has 2 N–H and O–H groups in total. The third-order valence-corrected chi connectivity index (χ3v) is 5.41. The molecule has 3 rings (SSSR count). The van der Waals surface area contributed by atoms with Crippen LogP contribution in [0.25, 0.3) is 0 Å². The van der Waals surface area contributed by atoms with Crippen LogP contribution in [0.2, 0.25) is 0 Å². The molecular formula is C22H25F3O5. The number of fused-ring (bicyclic) bond motifs is 1. The SMILES string of the molecule is O=C1CC/C=C\C[C@@H]2C(/C=C/[C@H](COc3cccc(C(F)(F)F)c3)O1)[C@H](O)C[C@@H]2O. The molecule has 1 aliphatic heterocycles. The Kier molecular flexibility index (Phi) is 7.20. The standard InChI is InChI=1S/C22H25F3O5/c23-22(24,25)14-5-4-6-15(11-14)29-13-16-9-10-18-17(19(26)12-20(18)27)7-2-1-3-8-21(28)30-16/h1-2,4-6,9-11,16-20,26-27H,3,7-8,12-13H2/b2-1-,10-9+/t16-,17-,18?,19+,20-/m1/s1. The maximum atomic E-state index is 12.9. The van der Waals surface area contributed by atoms with Crippen molar-refractivity contribution in [3.8, 4) is 5.75 Å². The molecule has 1 saturated carbocycles. The van der Waals surface area contributed by atoms with Crippen LogP contribution in [-0.2, 0) is 15.7 Å². The lowest BCUT2D eigenvalue weighted by Crippen LogP contribution is -2.25. The van der Waals surface area contributed by atoms with Gasteiger partial charge in [0.05, 0.1) is 17.8 Å². The summed E-state index contributed by atoms with van der Waals surface area (Å²) in [6.45, 7) is -0.171. The minimum atomic E-state index is -4.49. The van der Waals surface area contributed by atoms with Crippen molar-refractivity contribution >= 4 is 5.97 Å². The van der Waals surface area contributed by atoms with E-state index in [0.29, 0.717) is 12.8 Å². The number of hydrogen-bond donors (Lipinski definition) is 2. The summed E-state index contributed by atoms with van der Waals surface area (Å²) < 4.78 is 49.5. The summed E-state index contributed by atoms with van der Waals surface area (Å²) in [4.78, 5) is 12.1. The smallest absolute Gasteiger partial charge is 0.416 e. The summed E-state index contributed by atoms with van der Waals surface area (Å²) >= 11 is 0. The van der Waals surface area contributed by atoms with Crippen LogP contribution in [0.4, 0.5) is 13.2 Å². The van der Waals surface area contributed by atoms with Crippen molar-refractivity contribution in [3.05, 3.63) is 54.1 Å². The van der Waals surface area contributed by atoms with Gasteiger partial charge in [0.15, 0.2) is 6.10 Å². The fraction of sp³-hybridized carbons (Fsp3) is 0.500. The molecule has 164 valence electrons. The van der Waals surface area contributed by atoms with Gasteiger partial charge in [0, 0.05) is 18.8 Å². The Balaban J connectivity index is 1.74. The third kappa shape index (κ3) is 5.86. The zero-order chi connectivity index (χ0) is 21.7. The molecule has 0 bridgehead atoms. The molecule has 1 aromatic carbocycles. The minimum Gasteiger partial charge on any atom is -0.489 e. The largest absolute Gasteiger partial charge is 0.489 e. The zero-order valence-electron chi connectivity index (χ0n) is 16.3. The van der Waals surface area contributed by atoms with E-state index >= 15 is 0 Å². The van der Waals surface area contributed by atoms with E-state index in [2.05, 4.69) is 0 Å². The fourth-order valence-electron chi connectivity index (χ4n) is 3.83. The number of halogens is 3. The molecule has 0 radical (unpaired) electrons. The first-order valence-corrected chi connectivity index (χ1v) is 9.93. The molecule has 1 unspecified atom stereocenters. The number of carbonyl (C=O) groups is 1. The topological polar surface area (TPSA) is 76.0 Å². The molecule has 1 fully saturated rings. The number of hydrogen-bond acceptors (Lipinski definition) is 5. The Labute approximate surface area is 172 Å². The molecule has 5 nitrogen and oxygen atoms in total. The molecule has 1 heterocycles. The van der Waals surface area contributed by atoms with E-state index < -0.39 is 36.0 Å². The number of aliphatic hydroxyl groups is 2. The average Bonchev–Trinajstić information content (AvgIpc) is 2.94. The highest BCUT2D eigenvalue weighted by atomic mass is 19.4. The predicted molar refractivity (Wildman–Crippen MR) is 103 cm³/mol. The molecule has 1 aromatic rings. The van der Waals surface area contributed by atoms with Gasteiger partial charge < -0.3 is 19.7 Å². The van der Waals surface area contributed by atoms with Gasteiger partial charge in [0.25, 0.3) is 0 Å². The van der Waals surface area contributed by atoms with Crippen LogP contribution in [0, 0.1) is 11.8 Å². The van der Waals surface area contributed by atoms with E-state index in [9.17, 15) is 28.2 Å². The van der Waals surface area contributed by atoms with Crippen LogP contribution in [0.1, 0.15) is 31.2 Å². The summed E-state index contributed by atoms with van der Waals surface area (Å²) in [5, 5.41) is 20.5. The second-order valence-electron chi connectivity index (χ2n) is 7.61. The number of cyclic esters (lactones) is 1. The molecule has 0 aromatic heterocycles. The highest BCUT2D eigenvalue weighted by Crippen LogP contribution is 2.36. The van der Waals surface area contributed by atoms with E-state index in [1.165, 1.54) is 12.1 Å². The van der Waals surface area contributed by atoms with Crippen molar-refractivity contribution in [2.24, 2.45) is 11.8 Å². The van der Waals surface area contributed by atoms with E-state index in [-0.39, 0.29) is 37.0 Å². The highest BCUT2D eigenvalue weighted by Gasteiger charge is 2.39. The number of carbonyl (C=O) groups excluding carboxylic acids is 1. The van der Waals surface area contributed by atoms with Crippen molar-refractivity contribution in [1.29, 1.82) is 0 Å². The molecule has 30 heavy (non-hydrogen) atoms. The van der Waals surface area contributed by atoms with Gasteiger partial charge in [-0.05, 0) is 43.0 Å². The molecule has 5 atom stereocenters. The van der Waals surface area contributed by atoms with Crippen LogP contribution >= 0.6 is 0 Å². The minimum absolute atomic E-state index is 0.0116. The Morgan fingerprint density at radius 1 is 1.13 bits per heavy atom. The Morgan fingerprint density at radius 3 is 2.70 bits per heavy atom. The lowest BCUT2D eigenvalue weighted by atomic mass is 9.89. The third-order valence-electron chi connectivity index (χ3n) is 5.41. The number of alkyl halides is 3. The summed E-state index contributed by atoms with van der Waals surface area (Å²) in [5.41, 5.74) is -0.830.